The molecule has 1 heterocycles. The van der Waals surface area contributed by atoms with Crippen molar-refractivity contribution in [3.63, 3.8) is 0 Å². The van der Waals surface area contributed by atoms with Gasteiger partial charge in [0.05, 0.1) is 11.6 Å². The summed E-state index contributed by atoms with van der Waals surface area (Å²) in [6.07, 6.45) is 1.72. The van der Waals surface area contributed by atoms with Gasteiger partial charge in [0.15, 0.2) is 11.5 Å². The van der Waals surface area contributed by atoms with E-state index >= 15 is 0 Å². The van der Waals surface area contributed by atoms with Gasteiger partial charge in [0, 0.05) is 21.3 Å². The van der Waals surface area contributed by atoms with Crippen molar-refractivity contribution in [3.05, 3.63) is 51.0 Å². The number of nitrogens with one attached hydrogen (secondary N) is 1. The smallest absolute Gasteiger partial charge is 0.256 e. The molecule has 0 bridgehead atoms. The zero-order valence-corrected chi connectivity index (χ0v) is 14.5. The van der Waals surface area contributed by atoms with E-state index in [9.17, 15) is 9.90 Å². The monoisotopic (exact) mass is 393 g/mol. The highest BCUT2D eigenvalue weighted by Gasteiger charge is 2.24. The molecule has 0 saturated carbocycles. The van der Waals surface area contributed by atoms with Crippen LogP contribution in [0.5, 0.6) is 11.5 Å². The fraction of sp³-hybridized carbons (Fsp3) is 0.118. The number of phenols is 1. The SMILES string of the molecule is CCOc1cc(/C=C2\C(=O)Nc3ccc(Br)cc32)cc(Cl)c1O. The topological polar surface area (TPSA) is 58.6 Å². The maximum Gasteiger partial charge on any atom is 0.256 e. The Balaban J connectivity index is 2.09. The van der Waals surface area contributed by atoms with Gasteiger partial charge in [-0.2, -0.15) is 0 Å². The summed E-state index contributed by atoms with van der Waals surface area (Å²) >= 11 is 9.45. The van der Waals surface area contributed by atoms with Crippen molar-refractivity contribution in [2.24, 2.45) is 0 Å². The summed E-state index contributed by atoms with van der Waals surface area (Å²) in [6, 6.07) is 8.83. The molecule has 6 heteroatoms. The number of carbonyl (C=O) groups is 1. The van der Waals surface area contributed by atoms with Gasteiger partial charge in [-0.15, -0.1) is 0 Å². The normalized spacial score (nSPS) is 14.7. The van der Waals surface area contributed by atoms with Crippen LogP contribution in [-0.2, 0) is 4.79 Å². The lowest BCUT2D eigenvalue weighted by molar-refractivity contribution is -0.110. The summed E-state index contributed by atoms with van der Waals surface area (Å²) in [5, 5.41) is 12.9. The minimum absolute atomic E-state index is 0.102. The molecule has 2 aromatic carbocycles. The van der Waals surface area contributed by atoms with Gasteiger partial charge in [0.25, 0.3) is 5.91 Å². The summed E-state index contributed by atoms with van der Waals surface area (Å²) < 4.78 is 6.25. The number of benzene rings is 2. The van der Waals surface area contributed by atoms with Crippen LogP contribution in [-0.4, -0.2) is 17.6 Å². The van der Waals surface area contributed by atoms with Gasteiger partial charge in [0.2, 0.25) is 0 Å². The molecule has 118 valence electrons. The van der Waals surface area contributed by atoms with Gasteiger partial charge in [-0.25, -0.2) is 0 Å². The summed E-state index contributed by atoms with van der Waals surface area (Å²) in [7, 11) is 0. The molecule has 0 radical (unpaired) electrons. The number of amides is 1. The molecule has 0 unspecified atom stereocenters. The molecule has 4 nitrogen and oxygen atoms in total. The summed E-state index contributed by atoms with van der Waals surface area (Å²) in [4.78, 5) is 12.2. The van der Waals surface area contributed by atoms with Gasteiger partial charge >= 0.3 is 0 Å². The molecule has 0 aliphatic carbocycles. The number of ether oxygens (including phenoxy) is 1. The van der Waals surface area contributed by atoms with E-state index in [1.807, 2.05) is 25.1 Å². The molecule has 0 saturated heterocycles. The van der Waals surface area contributed by atoms with Gasteiger partial charge in [-0.05, 0) is 48.9 Å². The second-order valence-electron chi connectivity index (χ2n) is 4.98. The quantitative estimate of drug-likeness (QED) is 0.742. The van der Waals surface area contributed by atoms with Gasteiger partial charge in [-0.1, -0.05) is 27.5 Å². The number of fused-ring (bicyclic) bond motifs is 1. The lowest BCUT2D eigenvalue weighted by Crippen LogP contribution is -2.03. The molecule has 0 aromatic heterocycles. The van der Waals surface area contributed by atoms with Crippen LogP contribution < -0.4 is 10.1 Å². The molecule has 2 aromatic rings. The number of hydrogen-bond donors (Lipinski definition) is 2. The van der Waals surface area contributed by atoms with Crippen LogP contribution in [0.15, 0.2) is 34.8 Å². The van der Waals surface area contributed by atoms with Gasteiger partial charge < -0.3 is 15.2 Å². The number of anilines is 1. The molecule has 23 heavy (non-hydrogen) atoms. The first-order valence-corrected chi connectivity index (χ1v) is 8.15. The highest BCUT2D eigenvalue weighted by Crippen LogP contribution is 2.38. The number of rotatable bonds is 3. The Kier molecular flexibility index (Phi) is 4.33. The van der Waals surface area contributed by atoms with Crippen LogP contribution in [0.1, 0.15) is 18.1 Å². The molecule has 1 aliphatic rings. The second kappa shape index (κ2) is 6.26. The van der Waals surface area contributed by atoms with Crippen molar-refractivity contribution < 1.29 is 14.6 Å². The number of carbonyl (C=O) groups excluding carboxylic acids is 1. The summed E-state index contributed by atoms with van der Waals surface area (Å²) in [5.74, 6) is 0.00895. The number of halogens is 2. The third-order valence-corrected chi connectivity index (χ3v) is 4.21. The van der Waals surface area contributed by atoms with Crippen molar-refractivity contribution in [2.75, 3.05) is 11.9 Å². The number of phenolic OH excluding ortho intramolecular Hbond substituents is 1. The van der Waals surface area contributed by atoms with Crippen molar-refractivity contribution in [2.45, 2.75) is 6.92 Å². The number of aromatic hydroxyl groups is 1. The molecule has 3 rings (SSSR count). The Labute approximate surface area is 146 Å². The highest BCUT2D eigenvalue weighted by atomic mass is 79.9. The Bertz CT molecular complexity index is 833. The Morgan fingerprint density at radius 1 is 1.35 bits per heavy atom. The molecule has 1 amide bonds. The maximum atomic E-state index is 12.2. The first kappa shape index (κ1) is 15.9. The Hall–Kier alpha value is -1.98. The first-order chi connectivity index (χ1) is 11.0. The van der Waals surface area contributed by atoms with Crippen LogP contribution in [0.2, 0.25) is 5.02 Å². The van der Waals surface area contributed by atoms with Crippen LogP contribution in [0.3, 0.4) is 0 Å². The minimum Gasteiger partial charge on any atom is -0.503 e. The van der Waals surface area contributed by atoms with E-state index in [1.54, 1.807) is 18.2 Å². The highest BCUT2D eigenvalue weighted by molar-refractivity contribution is 9.10. The predicted octanol–water partition coefficient (Wildman–Crippen LogP) is 4.70. The van der Waals surface area contributed by atoms with Crippen molar-refractivity contribution in [1.82, 2.24) is 0 Å². The summed E-state index contributed by atoms with van der Waals surface area (Å²) in [5.41, 5.74) is 2.78. The zero-order valence-electron chi connectivity index (χ0n) is 12.2. The average Bonchev–Trinajstić information content (AvgIpc) is 2.80. The van der Waals surface area contributed by atoms with E-state index < -0.39 is 0 Å². The molecule has 0 atom stereocenters. The van der Waals surface area contributed by atoms with Crippen molar-refractivity contribution in [1.29, 1.82) is 0 Å². The molecule has 0 spiro atoms. The van der Waals surface area contributed by atoms with Crippen LogP contribution in [0, 0.1) is 0 Å². The third-order valence-electron chi connectivity index (χ3n) is 3.43. The van der Waals surface area contributed by atoms with Gasteiger partial charge in [-0.3, -0.25) is 4.79 Å². The minimum atomic E-state index is -0.180. The average molecular weight is 395 g/mol. The molecule has 0 fully saturated rings. The van der Waals surface area contributed by atoms with E-state index in [-0.39, 0.29) is 16.7 Å². The molecule has 1 aliphatic heterocycles. The van der Waals surface area contributed by atoms with E-state index in [4.69, 9.17) is 16.3 Å². The lowest BCUT2D eigenvalue weighted by atomic mass is 10.0. The molecule has 2 N–H and O–H groups in total. The fourth-order valence-electron chi connectivity index (χ4n) is 2.41. The molecular formula is C17H13BrClNO3. The van der Waals surface area contributed by atoms with E-state index in [0.717, 1.165) is 15.7 Å². The lowest BCUT2D eigenvalue weighted by Gasteiger charge is -2.09. The van der Waals surface area contributed by atoms with Crippen molar-refractivity contribution in [3.8, 4) is 11.5 Å². The largest absolute Gasteiger partial charge is 0.503 e. The zero-order chi connectivity index (χ0) is 16.6. The van der Waals surface area contributed by atoms with E-state index in [1.165, 1.54) is 0 Å². The predicted molar refractivity (Wildman–Crippen MR) is 94.9 cm³/mol. The van der Waals surface area contributed by atoms with E-state index in [2.05, 4.69) is 21.2 Å². The van der Waals surface area contributed by atoms with Crippen molar-refractivity contribution >= 4 is 50.8 Å². The summed E-state index contributed by atoms with van der Waals surface area (Å²) in [6.45, 7) is 2.22. The Morgan fingerprint density at radius 2 is 2.13 bits per heavy atom. The standard InChI is InChI=1S/C17H13BrClNO3/c1-2-23-15-7-9(6-13(19)16(15)21)5-12-11-8-10(18)3-4-14(11)20-17(12)22/h3-8,21H,2H2,1H3,(H,20,22)/b12-5-. The van der Waals surface area contributed by atoms with Gasteiger partial charge in [0.1, 0.15) is 0 Å². The first-order valence-electron chi connectivity index (χ1n) is 6.98. The Morgan fingerprint density at radius 3 is 2.87 bits per heavy atom. The number of hydrogen-bond acceptors (Lipinski definition) is 3. The van der Waals surface area contributed by atoms with Crippen LogP contribution in [0.4, 0.5) is 5.69 Å². The van der Waals surface area contributed by atoms with Crippen LogP contribution >= 0.6 is 27.5 Å². The van der Waals surface area contributed by atoms with E-state index in [0.29, 0.717) is 23.5 Å². The third kappa shape index (κ3) is 3.07. The van der Waals surface area contributed by atoms with Crippen LogP contribution in [0.25, 0.3) is 11.6 Å². The second-order valence-corrected chi connectivity index (χ2v) is 6.31. The maximum absolute atomic E-state index is 12.2. The molecular weight excluding hydrogens is 382 g/mol. The fourth-order valence-corrected chi connectivity index (χ4v) is 2.99.